The number of carbonyl (C=O) groups is 1. The molecule has 1 fully saturated rings. The first-order chi connectivity index (χ1) is 16.9. The molecule has 0 spiro atoms. The highest BCUT2D eigenvalue weighted by atomic mass is 35.5. The number of ether oxygens (including phenoxy) is 2. The average molecular weight is 534 g/mol. The number of benzene rings is 3. The summed E-state index contributed by atoms with van der Waals surface area (Å²) in [6.07, 6.45) is -0.154. The third-order valence-corrected chi connectivity index (χ3v) is 6.97. The van der Waals surface area contributed by atoms with Crippen LogP contribution in [0.5, 0.6) is 5.75 Å². The summed E-state index contributed by atoms with van der Waals surface area (Å²) in [4.78, 5) is 17.1. The standard InChI is InChI=1S/C27H27Cl3N2O3/c1-34-22-5-2-4-19(16-22)18-35-25(20-8-10-21(28)11-9-20)17-31-12-14-32(15-13-31)27(33)26-23(29)6-3-7-24(26)30/h2-11,16,25H,12-15,17-18H2,1H3. The van der Waals surface area contributed by atoms with E-state index < -0.39 is 0 Å². The van der Waals surface area contributed by atoms with Gasteiger partial charge in [0.1, 0.15) is 5.75 Å². The maximum atomic E-state index is 13.0. The molecule has 184 valence electrons. The molecule has 0 bridgehead atoms. The van der Waals surface area contributed by atoms with Crippen molar-refractivity contribution in [1.82, 2.24) is 9.80 Å². The molecule has 1 heterocycles. The van der Waals surface area contributed by atoms with Gasteiger partial charge in [-0.25, -0.2) is 0 Å². The highest BCUT2D eigenvalue weighted by molar-refractivity contribution is 6.39. The molecule has 1 aliphatic rings. The summed E-state index contributed by atoms with van der Waals surface area (Å²) in [5, 5.41) is 1.43. The van der Waals surface area contributed by atoms with E-state index >= 15 is 0 Å². The second-order valence-corrected chi connectivity index (χ2v) is 9.64. The van der Waals surface area contributed by atoms with E-state index in [0.717, 1.165) is 30.0 Å². The number of carbonyl (C=O) groups excluding carboxylic acids is 1. The van der Waals surface area contributed by atoms with Gasteiger partial charge in [-0.3, -0.25) is 9.69 Å². The highest BCUT2D eigenvalue weighted by Crippen LogP contribution is 2.27. The molecule has 1 unspecified atom stereocenters. The van der Waals surface area contributed by atoms with Crippen LogP contribution in [0.2, 0.25) is 15.1 Å². The minimum absolute atomic E-state index is 0.135. The van der Waals surface area contributed by atoms with Crippen LogP contribution >= 0.6 is 34.8 Å². The van der Waals surface area contributed by atoms with E-state index in [2.05, 4.69) is 4.90 Å². The lowest BCUT2D eigenvalue weighted by atomic mass is 10.1. The molecule has 5 nitrogen and oxygen atoms in total. The number of rotatable bonds is 8. The summed E-state index contributed by atoms with van der Waals surface area (Å²) in [5.74, 6) is 0.664. The second-order valence-electron chi connectivity index (χ2n) is 8.39. The molecule has 0 aliphatic carbocycles. The van der Waals surface area contributed by atoms with Crippen LogP contribution in [-0.2, 0) is 11.3 Å². The van der Waals surface area contributed by atoms with Gasteiger partial charge in [0.15, 0.2) is 0 Å². The normalized spacial score (nSPS) is 15.1. The van der Waals surface area contributed by atoms with Gasteiger partial charge in [0, 0.05) is 37.7 Å². The minimum atomic E-state index is -0.154. The topological polar surface area (TPSA) is 42.0 Å². The van der Waals surface area contributed by atoms with E-state index in [1.54, 1.807) is 30.2 Å². The number of methoxy groups -OCH3 is 1. The molecule has 3 aromatic carbocycles. The lowest BCUT2D eigenvalue weighted by Gasteiger charge is -2.36. The van der Waals surface area contributed by atoms with Gasteiger partial charge >= 0.3 is 0 Å². The first-order valence-corrected chi connectivity index (χ1v) is 12.5. The van der Waals surface area contributed by atoms with Crippen molar-refractivity contribution < 1.29 is 14.3 Å². The molecular formula is C27H27Cl3N2O3. The molecule has 1 aliphatic heterocycles. The van der Waals surface area contributed by atoms with Crippen molar-refractivity contribution in [3.8, 4) is 5.75 Å². The quantitative estimate of drug-likeness (QED) is 0.337. The number of piperazine rings is 1. The van der Waals surface area contributed by atoms with Crippen LogP contribution in [0.25, 0.3) is 0 Å². The predicted octanol–water partition coefficient (Wildman–Crippen LogP) is 6.37. The lowest BCUT2D eigenvalue weighted by molar-refractivity contribution is 0.00338. The van der Waals surface area contributed by atoms with Crippen molar-refractivity contribution in [3.63, 3.8) is 0 Å². The van der Waals surface area contributed by atoms with Crippen molar-refractivity contribution >= 4 is 40.7 Å². The minimum Gasteiger partial charge on any atom is -0.497 e. The van der Waals surface area contributed by atoms with Gasteiger partial charge in [-0.2, -0.15) is 0 Å². The molecule has 0 aromatic heterocycles. The fourth-order valence-corrected chi connectivity index (χ4v) is 4.80. The van der Waals surface area contributed by atoms with Crippen LogP contribution < -0.4 is 4.74 Å². The number of halogens is 3. The van der Waals surface area contributed by atoms with Crippen molar-refractivity contribution in [1.29, 1.82) is 0 Å². The van der Waals surface area contributed by atoms with Gasteiger partial charge < -0.3 is 14.4 Å². The van der Waals surface area contributed by atoms with Crippen molar-refractivity contribution in [3.05, 3.63) is 98.5 Å². The summed E-state index contributed by atoms with van der Waals surface area (Å²) in [6, 6.07) is 20.7. The molecule has 35 heavy (non-hydrogen) atoms. The molecule has 3 aromatic rings. The monoisotopic (exact) mass is 532 g/mol. The van der Waals surface area contributed by atoms with E-state index in [9.17, 15) is 4.79 Å². The largest absolute Gasteiger partial charge is 0.497 e. The highest BCUT2D eigenvalue weighted by Gasteiger charge is 2.27. The predicted molar refractivity (Wildman–Crippen MR) is 141 cm³/mol. The van der Waals surface area contributed by atoms with Gasteiger partial charge in [-0.15, -0.1) is 0 Å². The van der Waals surface area contributed by atoms with Crippen LogP contribution in [0.1, 0.15) is 27.6 Å². The fraction of sp³-hybridized carbons (Fsp3) is 0.296. The molecule has 0 saturated carbocycles. The van der Waals surface area contributed by atoms with E-state index in [1.165, 1.54) is 0 Å². The summed E-state index contributed by atoms with van der Waals surface area (Å²) >= 11 is 18.6. The Labute approximate surface area is 221 Å². The Morgan fingerprint density at radius 1 is 0.914 bits per heavy atom. The average Bonchev–Trinajstić information content (AvgIpc) is 2.87. The zero-order chi connectivity index (χ0) is 24.8. The van der Waals surface area contributed by atoms with Crippen molar-refractivity contribution in [2.45, 2.75) is 12.7 Å². The molecular weight excluding hydrogens is 507 g/mol. The number of nitrogens with zero attached hydrogens (tertiary/aromatic N) is 2. The first-order valence-electron chi connectivity index (χ1n) is 11.4. The molecule has 1 atom stereocenters. The molecule has 0 radical (unpaired) electrons. The SMILES string of the molecule is COc1cccc(COC(CN2CCN(C(=O)c3c(Cl)cccc3Cl)CC2)c2ccc(Cl)cc2)c1. The smallest absolute Gasteiger partial charge is 0.256 e. The lowest BCUT2D eigenvalue weighted by Crippen LogP contribution is -2.49. The van der Waals surface area contributed by atoms with Crippen LogP contribution in [0.15, 0.2) is 66.7 Å². The summed E-state index contributed by atoms with van der Waals surface area (Å²) in [5.41, 5.74) is 2.46. The van der Waals surface area contributed by atoms with Crippen molar-refractivity contribution in [2.24, 2.45) is 0 Å². The van der Waals surface area contributed by atoms with Gasteiger partial charge in [-0.05, 0) is 47.5 Å². The van der Waals surface area contributed by atoms with E-state index in [1.807, 2.05) is 48.5 Å². The summed E-state index contributed by atoms with van der Waals surface area (Å²) < 4.78 is 11.7. The second kappa shape index (κ2) is 12.1. The maximum absolute atomic E-state index is 13.0. The molecule has 4 rings (SSSR count). The number of hydrogen-bond acceptors (Lipinski definition) is 4. The van der Waals surface area contributed by atoms with Gasteiger partial charge in [0.2, 0.25) is 0 Å². The third-order valence-electron chi connectivity index (χ3n) is 6.09. The Morgan fingerprint density at radius 3 is 2.23 bits per heavy atom. The van der Waals surface area contributed by atoms with Crippen molar-refractivity contribution in [2.75, 3.05) is 39.8 Å². The Bertz CT molecular complexity index is 1130. The fourth-order valence-electron chi connectivity index (χ4n) is 4.12. The van der Waals surface area contributed by atoms with Gasteiger partial charge in [0.25, 0.3) is 5.91 Å². The van der Waals surface area contributed by atoms with Gasteiger partial charge in [0.05, 0.1) is 35.4 Å². The van der Waals surface area contributed by atoms with E-state index in [-0.39, 0.29) is 12.0 Å². The maximum Gasteiger partial charge on any atom is 0.256 e. The van der Waals surface area contributed by atoms with E-state index in [0.29, 0.717) is 46.9 Å². The Morgan fingerprint density at radius 2 is 1.57 bits per heavy atom. The molecule has 0 N–H and O–H groups in total. The summed E-state index contributed by atoms with van der Waals surface area (Å²) in [7, 11) is 1.65. The van der Waals surface area contributed by atoms with Crippen LogP contribution in [-0.4, -0.2) is 55.5 Å². The molecule has 1 amide bonds. The molecule has 1 saturated heterocycles. The Balaban J connectivity index is 1.41. The molecule has 8 heteroatoms. The van der Waals surface area contributed by atoms with Crippen LogP contribution in [0.3, 0.4) is 0 Å². The Hall–Kier alpha value is -2.28. The van der Waals surface area contributed by atoms with Gasteiger partial charge in [-0.1, -0.05) is 65.1 Å². The Kier molecular flexibility index (Phi) is 8.93. The third kappa shape index (κ3) is 6.69. The number of hydrogen-bond donors (Lipinski definition) is 0. The van der Waals surface area contributed by atoms with Crippen LogP contribution in [0, 0.1) is 0 Å². The number of amides is 1. The zero-order valence-electron chi connectivity index (χ0n) is 19.4. The first kappa shape index (κ1) is 25.8. The zero-order valence-corrected chi connectivity index (χ0v) is 21.7. The van der Waals surface area contributed by atoms with E-state index in [4.69, 9.17) is 44.3 Å². The van der Waals surface area contributed by atoms with Crippen LogP contribution in [0.4, 0.5) is 0 Å². The summed E-state index contributed by atoms with van der Waals surface area (Å²) in [6.45, 7) is 3.77.